The molecule has 334 valence electrons. The molecule has 1 aromatic carbocycles. The van der Waals surface area contributed by atoms with E-state index in [0.29, 0.717) is 76.4 Å². The molecule has 3 amide bonds. The van der Waals surface area contributed by atoms with Gasteiger partial charge in [-0.1, -0.05) is 5.16 Å². The van der Waals surface area contributed by atoms with Gasteiger partial charge in [-0.2, -0.15) is 5.10 Å². The number of piperidine rings is 1. The second kappa shape index (κ2) is 15.8. The van der Waals surface area contributed by atoms with Gasteiger partial charge in [-0.15, -0.1) is 0 Å². The van der Waals surface area contributed by atoms with Crippen LogP contribution in [-0.4, -0.2) is 121 Å². The lowest BCUT2D eigenvalue weighted by atomic mass is 9.50. The third-order valence-corrected chi connectivity index (χ3v) is 14.2. The van der Waals surface area contributed by atoms with Crippen molar-refractivity contribution >= 4 is 46.1 Å². The van der Waals surface area contributed by atoms with E-state index in [1.165, 1.54) is 12.4 Å². The van der Waals surface area contributed by atoms with Crippen LogP contribution in [0.3, 0.4) is 0 Å². The van der Waals surface area contributed by atoms with Gasteiger partial charge < -0.3 is 30.1 Å². The molecule has 6 aliphatic rings. The number of carbonyl (C=O) groups excluding carboxylic acids is 3. The van der Waals surface area contributed by atoms with Crippen molar-refractivity contribution in [3.8, 4) is 22.8 Å². The Kier molecular flexibility index (Phi) is 9.99. The zero-order valence-electron chi connectivity index (χ0n) is 36.0. The van der Waals surface area contributed by atoms with Crippen LogP contribution in [0.2, 0.25) is 0 Å². The second-order valence-electron chi connectivity index (χ2n) is 19.1. The summed E-state index contributed by atoms with van der Waals surface area (Å²) < 4.78 is 28.9. The summed E-state index contributed by atoms with van der Waals surface area (Å²) in [6, 6.07) is 4.47. The molecule has 5 aromatic rings. The molecule has 6 fully saturated rings. The van der Waals surface area contributed by atoms with Crippen LogP contribution in [0.5, 0.6) is 0 Å². The van der Waals surface area contributed by atoms with Gasteiger partial charge in [0.25, 0.3) is 0 Å². The van der Waals surface area contributed by atoms with Gasteiger partial charge in [-0.25, -0.2) is 33.8 Å². The van der Waals surface area contributed by atoms with E-state index < -0.39 is 6.04 Å². The van der Waals surface area contributed by atoms with E-state index in [1.807, 2.05) is 30.9 Å². The number of hydrogen-bond donors (Lipinski definition) is 3. The first-order valence-electron chi connectivity index (χ1n) is 22.6. The Morgan fingerprint density at radius 2 is 1.77 bits per heavy atom. The van der Waals surface area contributed by atoms with Gasteiger partial charge in [0.1, 0.15) is 41.5 Å². The number of carbonyl (C=O) groups is 3. The summed E-state index contributed by atoms with van der Waals surface area (Å²) in [5, 5.41) is 15.4. The summed E-state index contributed by atoms with van der Waals surface area (Å²) in [7, 11) is 0. The van der Waals surface area contributed by atoms with Crippen molar-refractivity contribution in [1.82, 2.24) is 50.0 Å². The molecular formula is C45H52FN13O5. The maximum absolute atomic E-state index is 15.2. The number of likely N-dealkylation sites (tertiary alicyclic amines) is 1. The van der Waals surface area contributed by atoms with Crippen LogP contribution in [0.1, 0.15) is 94.4 Å². The quantitative estimate of drug-likeness (QED) is 0.145. The number of nitrogen functional groups attached to an aromatic ring is 1. The number of nitrogens with one attached hydrogen (secondary N) is 2. The molecule has 3 saturated heterocycles. The predicted molar refractivity (Wildman–Crippen MR) is 232 cm³/mol. The average Bonchev–Trinajstić information content (AvgIpc) is 3.86. The lowest BCUT2D eigenvalue weighted by Gasteiger charge is -2.58. The van der Waals surface area contributed by atoms with Crippen molar-refractivity contribution in [3.05, 3.63) is 54.1 Å². The highest BCUT2D eigenvalue weighted by molar-refractivity contribution is 6.02. The van der Waals surface area contributed by atoms with Crippen molar-refractivity contribution in [1.29, 1.82) is 0 Å². The largest absolute Gasteiger partial charge is 0.446 e. The van der Waals surface area contributed by atoms with E-state index in [2.05, 4.69) is 35.6 Å². The molecule has 1 spiro atoms. The van der Waals surface area contributed by atoms with Crippen LogP contribution in [0.25, 0.3) is 33.8 Å². The Bertz CT molecular complexity index is 2620. The molecule has 3 aliphatic heterocycles. The predicted octanol–water partition coefficient (Wildman–Crippen LogP) is 5.25. The van der Waals surface area contributed by atoms with E-state index in [9.17, 15) is 14.4 Å². The van der Waals surface area contributed by atoms with Gasteiger partial charge in [0, 0.05) is 88.2 Å². The van der Waals surface area contributed by atoms with Crippen LogP contribution < -0.4 is 21.3 Å². The Hall–Kier alpha value is -6.24. The summed E-state index contributed by atoms with van der Waals surface area (Å²) in [6.07, 6.45) is 11.6. The first-order chi connectivity index (χ1) is 31.0. The van der Waals surface area contributed by atoms with Crippen molar-refractivity contribution in [2.45, 2.75) is 95.2 Å². The number of anilines is 3. The highest BCUT2D eigenvalue weighted by Gasteiger charge is 2.55. The number of rotatable bonds is 11. The molecule has 1 unspecified atom stereocenters. The zero-order valence-corrected chi connectivity index (χ0v) is 36.0. The maximum Gasteiger partial charge on any atom is 0.410 e. The number of amides is 3. The number of ether oxygens (including phenoxy) is 1. The third kappa shape index (κ3) is 7.46. The molecule has 7 heterocycles. The highest BCUT2D eigenvalue weighted by Crippen LogP contribution is 2.60. The molecule has 1 atom stereocenters. The number of benzene rings is 1. The fourth-order valence-electron chi connectivity index (χ4n) is 10.6. The van der Waals surface area contributed by atoms with E-state index in [-0.39, 0.29) is 59.5 Å². The number of piperazine rings is 1. The lowest BCUT2D eigenvalue weighted by molar-refractivity contribution is -0.133. The fraction of sp³-hybridized carbons (Fsp3) is 0.533. The Morgan fingerprint density at radius 3 is 2.47 bits per heavy atom. The first kappa shape index (κ1) is 40.5. The van der Waals surface area contributed by atoms with E-state index in [0.717, 1.165) is 82.6 Å². The minimum absolute atomic E-state index is 0.0280. The first-order valence-corrected chi connectivity index (χ1v) is 22.6. The normalized spacial score (nSPS) is 25.0. The Balaban J connectivity index is 0.629. The van der Waals surface area contributed by atoms with Gasteiger partial charge in [0.2, 0.25) is 11.8 Å². The van der Waals surface area contributed by atoms with Gasteiger partial charge in [-0.05, 0) is 93.9 Å². The number of nitrogens with two attached hydrogens (primary N) is 1. The number of aromatic nitrogens is 7. The van der Waals surface area contributed by atoms with Crippen LogP contribution >= 0.6 is 0 Å². The van der Waals surface area contributed by atoms with E-state index in [1.54, 1.807) is 17.0 Å². The summed E-state index contributed by atoms with van der Waals surface area (Å²) >= 11 is 0. The minimum atomic E-state index is -0.553. The number of imide groups is 1. The van der Waals surface area contributed by atoms with Crippen LogP contribution in [0, 0.1) is 17.2 Å². The van der Waals surface area contributed by atoms with Crippen LogP contribution in [0.4, 0.5) is 26.4 Å². The summed E-state index contributed by atoms with van der Waals surface area (Å²) in [4.78, 5) is 61.3. The summed E-state index contributed by atoms with van der Waals surface area (Å²) in [5.41, 5.74) is 11.1. The average molecular weight is 874 g/mol. The lowest BCUT2D eigenvalue weighted by Crippen LogP contribution is -2.56. The van der Waals surface area contributed by atoms with Gasteiger partial charge in [0.05, 0.1) is 16.6 Å². The van der Waals surface area contributed by atoms with E-state index >= 15 is 4.39 Å². The molecule has 4 aromatic heterocycles. The van der Waals surface area contributed by atoms with Gasteiger partial charge in [-0.3, -0.25) is 19.8 Å². The summed E-state index contributed by atoms with van der Waals surface area (Å²) in [6.45, 7) is 9.41. The third-order valence-electron chi connectivity index (χ3n) is 14.2. The molecule has 3 aliphatic carbocycles. The molecule has 0 radical (unpaired) electrons. The Labute approximate surface area is 368 Å². The molecule has 64 heavy (non-hydrogen) atoms. The zero-order chi connectivity index (χ0) is 43.9. The van der Waals surface area contributed by atoms with Crippen molar-refractivity contribution < 1.29 is 28.0 Å². The molecule has 4 N–H and O–H groups in total. The number of hydrogen-bond acceptors (Lipinski definition) is 15. The SMILES string of the molecule is CC(C)n1nc(-c2noc(C3CC3)c2-c2ncc(C3CN(C(=O)OC4CC5(CC(CN6CCN(c7ccc(NC8CCC(=O)NC8=O)cc7F)CC6)C5)C4)C3)cn2)c2c(N)ncnc21. The maximum atomic E-state index is 15.2. The molecule has 0 bridgehead atoms. The molecule has 11 rings (SSSR count). The Morgan fingerprint density at radius 1 is 1.00 bits per heavy atom. The monoisotopic (exact) mass is 873 g/mol. The standard InChI is InChI=1S/C45H52FN13O5/c1-24(2)59-42-36(40(47)50-23-51-42)37(54-59)38-35(39(64-55-38)26-3-4-26)41-48-18-27(19-49-41)28-21-58(22-28)44(62)63-30-16-45(17-30)14-25(15-45)20-56-9-11-57(12-10-56)33-7-5-29(13-31(33)46)52-32-6-8-34(60)53-43(32)61/h5,7,13,18-19,23-26,28,30,32,52H,3-4,6,8-12,14-17,20-22H2,1-2H3,(H2,47,50,51)(H,53,60,61). The second-order valence-corrected chi connectivity index (χ2v) is 19.1. The van der Waals surface area contributed by atoms with Crippen molar-refractivity contribution in [2.75, 3.05) is 61.8 Å². The molecular weight excluding hydrogens is 822 g/mol. The highest BCUT2D eigenvalue weighted by atomic mass is 19.1. The number of nitrogens with zero attached hydrogens (tertiary/aromatic N) is 10. The van der Waals surface area contributed by atoms with Crippen LogP contribution in [-0.2, 0) is 14.3 Å². The molecule has 19 heteroatoms. The topological polar surface area (TPSA) is 216 Å². The van der Waals surface area contributed by atoms with Gasteiger partial charge in [0.15, 0.2) is 17.2 Å². The smallest absolute Gasteiger partial charge is 0.410 e. The van der Waals surface area contributed by atoms with Crippen LogP contribution in [0.15, 0.2) is 41.4 Å². The van der Waals surface area contributed by atoms with E-state index in [4.69, 9.17) is 30.1 Å². The number of fused-ring (bicyclic) bond motifs is 1. The summed E-state index contributed by atoms with van der Waals surface area (Å²) in [5.74, 6) is 1.56. The van der Waals surface area contributed by atoms with Crippen molar-refractivity contribution in [3.63, 3.8) is 0 Å². The molecule has 18 nitrogen and oxygen atoms in total. The van der Waals surface area contributed by atoms with Crippen molar-refractivity contribution in [2.24, 2.45) is 11.3 Å². The molecule has 3 saturated carbocycles. The fourth-order valence-corrected chi connectivity index (χ4v) is 10.6. The minimum Gasteiger partial charge on any atom is -0.446 e. The number of halogens is 1. The van der Waals surface area contributed by atoms with Gasteiger partial charge >= 0.3 is 6.09 Å².